The van der Waals surface area contributed by atoms with Crippen molar-refractivity contribution in [3.05, 3.63) is 52.5 Å². The molecule has 0 aliphatic carbocycles. The van der Waals surface area contributed by atoms with Crippen LogP contribution in [-0.4, -0.2) is 18.7 Å². The molecule has 5 heteroatoms. The van der Waals surface area contributed by atoms with E-state index in [-0.39, 0.29) is 5.91 Å². The third kappa shape index (κ3) is 2.20. The molecule has 1 heterocycles. The molecule has 100 valence electrons. The maximum Gasteiger partial charge on any atom is 0.275 e. The van der Waals surface area contributed by atoms with Gasteiger partial charge in [0.2, 0.25) is 0 Å². The number of nitrogens with one attached hydrogen (secondary N) is 1. The van der Waals surface area contributed by atoms with Gasteiger partial charge in [0.1, 0.15) is 11.5 Å². The fourth-order valence-electron chi connectivity index (χ4n) is 2.06. The Morgan fingerprint density at radius 1 is 1.15 bits per heavy atom. The van der Waals surface area contributed by atoms with Gasteiger partial charge in [-0.25, -0.2) is 4.99 Å². The fraction of sp³-hybridized carbons (Fsp3) is 0.0667. The molecule has 3 rings (SSSR count). The molecule has 2 aromatic carbocycles. The monoisotopic (exact) mass is 330 g/mol. The number of carbonyl (C=O) groups is 1. The van der Waals surface area contributed by atoms with E-state index in [1.54, 1.807) is 7.11 Å². The highest BCUT2D eigenvalue weighted by atomic mass is 79.9. The summed E-state index contributed by atoms with van der Waals surface area (Å²) >= 11 is 3.46. The molecule has 0 fully saturated rings. The lowest BCUT2D eigenvalue weighted by atomic mass is 10.1. The van der Waals surface area contributed by atoms with Gasteiger partial charge in [-0.05, 0) is 36.4 Å². The first-order valence-corrected chi connectivity index (χ1v) is 6.81. The standard InChI is InChI=1S/C15H11BrN2O2/c1-20-10-7-5-9(6-8-10)17-14-13-11(16)3-2-4-12(13)18-15(14)19/h2-8H,1H3,(H,17,18,19). The van der Waals surface area contributed by atoms with E-state index in [2.05, 4.69) is 26.2 Å². The first-order chi connectivity index (χ1) is 9.69. The summed E-state index contributed by atoms with van der Waals surface area (Å²) in [5.74, 6) is 0.564. The van der Waals surface area contributed by atoms with Gasteiger partial charge in [-0.15, -0.1) is 0 Å². The number of fused-ring (bicyclic) bond motifs is 1. The van der Waals surface area contributed by atoms with Gasteiger partial charge in [-0.3, -0.25) is 4.79 Å². The number of carbonyl (C=O) groups excluding carboxylic acids is 1. The van der Waals surface area contributed by atoms with Crippen LogP contribution in [0.5, 0.6) is 5.75 Å². The quantitative estimate of drug-likeness (QED) is 0.915. The molecule has 1 aliphatic rings. The largest absolute Gasteiger partial charge is 0.497 e. The Labute approximate surface area is 124 Å². The summed E-state index contributed by atoms with van der Waals surface area (Å²) in [5, 5.41) is 2.81. The summed E-state index contributed by atoms with van der Waals surface area (Å²) in [6, 6.07) is 12.9. The number of rotatable bonds is 2. The molecule has 4 nitrogen and oxygen atoms in total. The molecule has 20 heavy (non-hydrogen) atoms. The lowest BCUT2D eigenvalue weighted by Gasteiger charge is -2.02. The van der Waals surface area contributed by atoms with E-state index in [0.29, 0.717) is 11.4 Å². The molecule has 1 amide bonds. The molecule has 0 saturated heterocycles. The molecule has 0 aromatic heterocycles. The van der Waals surface area contributed by atoms with Crippen LogP contribution in [0.15, 0.2) is 51.9 Å². The number of ether oxygens (including phenoxy) is 1. The number of anilines is 1. The number of methoxy groups -OCH3 is 1. The highest BCUT2D eigenvalue weighted by molar-refractivity contribution is 9.10. The van der Waals surface area contributed by atoms with Crippen molar-refractivity contribution in [2.75, 3.05) is 12.4 Å². The van der Waals surface area contributed by atoms with Crippen molar-refractivity contribution in [2.24, 2.45) is 4.99 Å². The Hall–Kier alpha value is -2.14. The van der Waals surface area contributed by atoms with E-state index in [0.717, 1.165) is 21.5 Å². The third-order valence-electron chi connectivity index (χ3n) is 3.03. The van der Waals surface area contributed by atoms with Crippen LogP contribution < -0.4 is 10.1 Å². The van der Waals surface area contributed by atoms with Crippen LogP contribution in [0.25, 0.3) is 0 Å². The Kier molecular flexibility index (Phi) is 3.28. The van der Waals surface area contributed by atoms with E-state index in [1.165, 1.54) is 0 Å². The minimum absolute atomic E-state index is 0.192. The average molecular weight is 331 g/mol. The molecule has 1 aliphatic heterocycles. The van der Waals surface area contributed by atoms with Crippen LogP contribution in [0.3, 0.4) is 0 Å². The first kappa shape index (κ1) is 12.9. The molecular formula is C15H11BrN2O2. The summed E-state index contributed by atoms with van der Waals surface area (Å²) in [6.07, 6.45) is 0. The van der Waals surface area contributed by atoms with Gasteiger partial charge in [0.25, 0.3) is 5.91 Å². The van der Waals surface area contributed by atoms with Crippen molar-refractivity contribution in [3.63, 3.8) is 0 Å². The number of halogens is 1. The second-order valence-electron chi connectivity index (χ2n) is 4.27. The van der Waals surface area contributed by atoms with Gasteiger partial charge < -0.3 is 10.1 Å². The minimum Gasteiger partial charge on any atom is -0.497 e. The molecular weight excluding hydrogens is 320 g/mol. The minimum atomic E-state index is -0.192. The zero-order valence-corrected chi connectivity index (χ0v) is 12.3. The maximum atomic E-state index is 12.0. The van der Waals surface area contributed by atoms with Crippen molar-refractivity contribution in [2.45, 2.75) is 0 Å². The molecule has 2 aromatic rings. The number of aliphatic imine (C=N–C) groups is 1. The Morgan fingerprint density at radius 2 is 1.90 bits per heavy atom. The molecule has 1 N–H and O–H groups in total. The highest BCUT2D eigenvalue weighted by Gasteiger charge is 2.27. The van der Waals surface area contributed by atoms with Crippen LogP contribution in [0.2, 0.25) is 0 Å². The Balaban J connectivity index is 2.06. The van der Waals surface area contributed by atoms with Crippen LogP contribution in [0.4, 0.5) is 11.4 Å². The van der Waals surface area contributed by atoms with Crippen molar-refractivity contribution in [3.8, 4) is 5.75 Å². The van der Waals surface area contributed by atoms with E-state index >= 15 is 0 Å². The predicted octanol–water partition coefficient (Wildman–Crippen LogP) is 3.53. The van der Waals surface area contributed by atoms with Crippen molar-refractivity contribution in [1.82, 2.24) is 0 Å². The van der Waals surface area contributed by atoms with Crippen LogP contribution in [-0.2, 0) is 4.79 Å². The van der Waals surface area contributed by atoms with Crippen LogP contribution >= 0.6 is 15.9 Å². The molecule has 0 spiro atoms. The lowest BCUT2D eigenvalue weighted by molar-refractivity contribution is -0.110. The van der Waals surface area contributed by atoms with Crippen molar-refractivity contribution < 1.29 is 9.53 Å². The topological polar surface area (TPSA) is 50.7 Å². The SMILES string of the molecule is COc1ccc(N=C2C(=O)Nc3cccc(Br)c32)cc1. The lowest BCUT2D eigenvalue weighted by Crippen LogP contribution is -2.14. The number of hydrogen-bond acceptors (Lipinski definition) is 3. The van der Waals surface area contributed by atoms with E-state index in [9.17, 15) is 4.79 Å². The smallest absolute Gasteiger partial charge is 0.275 e. The van der Waals surface area contributed by atoms with Gasteiger partial charge in [-0.2, -0.15) is 0 Å². The van der Waals surface area contributed by atoms with Gasteiger partial charge in [-0.1, -0.05) is 22.0 Å². The zero-order valence-electron chi connectivity index (χ0n) is 10.7. The second-order valence-corrected chi connectivity index (χ2v) is 5.13. The summed E-state index contributed by atoms with van der Waals surface area (Å²) in [7, 11) is 1.61. The van der Waals surface area contributed by atoms with E-state index < -0.39 is 0 Å². The summed E-state index contributed by atoms with van der Waals surface area (Å²) < 4.78 is 5.95. The van der Waals surface area contributed by atoms with Gasteiger partial charge in [0.15, 0.2) is 0 Å². The predicted molar refractivity (Wildman–Crippen MR) is 82.0 cm³/mol. The Morgan fingerprint density at radius 3 is 2.60 bits per heavy atom. The number of amides is 1. The molecule has 0 unspecified atom stereocenters. The fourth-order valence-corrected chi connectivity index (χ4v) is 2.61. The second kappa shape index (κ2) is 5.09. The van der Waals surface area contributed by atoms with E-state index in [4.69, 9.17) is 4.74 Å². The van der Waals surface area contributed by atoms with Gasteiger partial charge in [0, 0.05) is 10.0 Å². The van der Waals surface area contributed by atoms with Gasteiger partial charge >= 0.3 is 0 Å². The average Bonchev–Trinajstić information content (AvgIpc) is 2.77. The first-order valence-electron chi connectivity index (χ1n) is 6.02. The summed E-state index contributed by atoms with van der Waals surface area (Å²) in [6.45, 7) is 0. The molecule has 0 atom stereocenters. The normalized spacial score (nSPS) is 15.1. The maximum absolute atomic E-state index is 12.0. The molecule has 0 radical (unpaired) electrons. The number of benzene rings is 2. The molecule has 0 bridgehead atoms. The van der Waals surface area contributed by atoms with Gasteiger partial charge in [0.05, 0.1) is 18.5 Å². The third-order valence-corrected chi connectivity index (χ3v) is 3.69. The highest BCUT2D eigenvalue weighted by Crippen LogP contribution is 2.31. The Bertz CT molecular complexity index is 708. The van der Waals surface area contributed by atoms with Crippen molar-refractivity contribution >= 4 is 38.9 Å². The molecule has 0 saturated carbocycles. The number of hydrogen-bond donors (Lipinski definition) is 1. The number of nitrogens with zero attached hydrogens (tertiary/aromatic N) is 1. The summed E-state index contributed by atoms with van der Waals surface area (Å²) in [4.78, 5) is 16.5. The van der Waals surface area contributed by atoms with Crippen LogP contribution in [0.1, 0.15) is 5.56 Å². The van der Waals surface area contributed by atoms with Crippen LogP contribution in [0, 0.1) is 0 Å². The zero-order chi connectivity index (χ0) is 14.1. The van der Waals surface area contributed by atoms with E-state index in [1.807, 2.05) is 42.5 Å². The van der Waals surface area contributed by atoms with Crippen molar-refractivity contribution in [1.29, 1.82) is 0 Å². The summed E-state index contributed by atoms with van der Waals surface area (Å²) in [5.41, 5.74) is 2.70.